The second-order valence-corrected chi connectivity index (χ2v) is 7.30. The van der Waals surface area contributed by atoms with Crippen molar-refractivity contribution in [3.05, 3.63) is 18.0 Å². The minimum atomic E-state index is -4.10. The van der Waals surface area contributed by atoms with Gasteiger partial charge in [0.15, 0.2) is 0 Å². The van der Waals surface area contributed by atoms with Crippen LogP contribution in [0.5, 0.6) is 0 Å². The molecule has 11 heteroatoms. The molecule has 0 radical (unpaired) electrons. The molecule has 1 heterocycles. The summed E-state index contributed by atoms with van der Waals surface area (Å²) in [6.07, 6.45) is -0.431. The normalized spacial score (nSPS) is 13.4. The third-order valence-electron chi connectivity index (χ3n) is 2.44. The average molecular weight is 343 g/mol. The van der Waals surface area contributed by atoms with E-state index in [1.54, 1.807) is 0 Å². The zero-order valence-corrected chi connectivity index (χ0v) is 12.7. The quantitative estimate of drug-likeness (QED) is 0.696. The monoisotopic (exact) mass is 343 g/mol. The Balaban J connectivity index is 3.00. The summed E-state index contributed by atoms with van der Waals surface area (Å²) < 4.78 is 59.0. The van der Waals surface area contributed by atoms with E-state index >= 15 is 0 Å². The van der Waals surface area contributed by atoms with Crippen molar-refractivity contribution in [3.63, 3.8) is 0 Å². The minimum absolute atomic E-state index is 0.0759. The molecule has 0 aromatic carbocycles. The molecule has 0 saturated heterocycles. The fraction of sp³-hybridized carbons (Fsp3) is 0.500. The largest absolute Gasteiger partial charge is 0.350 e. The summed E-state index contributed by atoms with van der Waals surface area (Å²) in [6.45, 7) is -0.759. The molecule has 0 bridgehead atoms. The molecule has 0 saturated carbocycles. The summed E-state index contributed by atoms with van der Waals surface area (Å²) in [6, 6.07) is 0.927. The van der Waals surface area contributed by atoms with E-state index < -0.39 is 44.6 Å². The van der Waals surface area contributed by atoms with Crippen molar-refractivity contribution in [1.82, 2.24) is 9.88 Å². The molecule has 1 atom stereocenters. The number of hydrogen-bond acceptors (Lipinski definition) is 4. The number of rotatable bonds is 7. The number of nitrogens with zero attached hydrogens (tertiary/aromatic N) is 1. The lowest BCUT2D eigenvalue weighted by Gasteiger charge is -2.08. The Kier molecular flexibility index (Phi) is 5.98. The summed E-state index contributed by atoms with van der Waals surface area (Å²) >= 11 is 0. The molecule has 0 spiro atoms. The zero-order valence-electron chi connectivity index (χ0n) is 11.1. The first-order valence-electron chi connectivity index (χ1n) is 5.70. The van der Waals surface area contributed by atoms with Gasteiger partial charge in [-0.15, -0.1) is 0 Å². The van der Waals surface area contributed by atoms with Gasteiger partial charge >= 0.3 is 0 Å². The van der Waals surface area contributed by atoms with Gasteiger partial charge in [0.25, 0.3) is 12.3 Å². The van der Waals surface area contributed by atoms with E-state index in [9.17, 15) is 26.2 Å². The molecule has 0 aliphatic rings. The van der Waals surface area contributed by atoms with Crippen LogP contribution in [-0.2, 0) is 27.4 Å². The van der Waals surface area contributed by atoms with Gasteiger partial charge in [-0.05, 0) is 6.07 Å². The van der Waals surface area contributed by atoms with Crippen LogP contribution < -0.4 is 10.5 Å². The van der Waals surface area contributed by atoms with Crippen molar-refractivity contribution < 1.29 is 26.2 Å². The number of amides is 1. The number of halogens is 2. The predicted molar refractivity (Wildman–Crippen MR) is 73.1 cm³/mol. The molecule has 1 rings (SSSR count). The summed E-state index contributed by atoms with van der Waals surface area (Å²) in [5.41, 5.74) is -0.249. The van der Waals surface area contributed by atoms with Gasteiger partial charge in [-0.3, -0.25) is 9.00 Å². The lowest BCUT2D eigenvalue weighted by molar-refractivity contribution is 0.0933. The molecular formula is C10H15F2N3O4S2. The maximum Gasteiger partial charge on any atom is 0.267 e. The van der Waals surface area contributed by atoms with Crippen LogP contribution in [0.4, 0.5) is 8.78 Å². The van der Waals surface area contributed by atoms with E-state index in [2.05, 4.69) is 5.32 Å². The van der Waals surface area contributed by atoms with Crippen LogP contribution in [0.3, 0.4) is 0 Å². The molecule has 3 N–H and O–H groups in total. The Bertz CT molecular complexity index is 643. The fourth-order valence-corrected chi connectivity index (χ4v) is 2.47. The molecule has 0 aliphatic heterocycles. The van der Waals surface area contributed by atoms with Crippen molar-refractivity contribution in [1.29, 1.82) is 0 Å². The first-order chi connectivity index (χ1) is 9.61. The highest BCUT2D eigenvalue weighted by Gasteiger charge is 2.20. The summed E-state index contributed by atoms with van der Waals surface area (Å²) in [5.74, 6) is -0.542. The van der Waals surface area contributed by atoms with Crippen LogP contribution in [0.1, 0.15) is 10.5 Å². The molecule has 0 aliphatic carbocycles. The molecule has 0 fully saturated rings. The summed E-state index contributed by atoms with van der Waals surface area (Å²) in [4.78, 5) is 11.4. The molecule has 1 aromatic rings. The molecule has 1 unspecified atom stereocenters. The van der Waals surface area contributed by atoms with Crippen LogP contribution in [0, 0.1) is 0 Å². The van der Waals surface area contributed by atoms with Gasteiger partial charge in [-0.2, -0.15) is 0 Å². The van der Waals surface area contributed by atoms with Crippen LogP contribution in [-0.4, -0.2) is 48.1 Å². The highest BCUT2D eigenvalue weighted by Crippen LogP contribution is 2.15. The number of aromatic nitrogens is 1. The molecule has 7 nitrogen and oxygen atoms in total. The lowest BCUT2D eigenvalue weighted by atomic mass is 10.4. The van der Waals surface area contributed by atoms with E-state index in [4.69, 9.17) is 5.14 Å². The summed E-state index contributed by atoms with van der Waals surface area (Å²) in [7, 11) is -5.22. The molecule has 120 valence electrons. The zero-order chi connectivity index (χ0) is 16.2. The number of carbonyl (C=O) groups excluding carboxylic acids is 1. The molecule has 21 heavy (non-hydrogen) atoms. The first-order valence-corrected chi connectivity index (χ1v) is 8.98. The summed E-state index contributed by atoms with van der Waals surface area (Å²) in [5, 5.41) is 7.28. The highest BCUT2D eigenvalue weighted by molar-refractivity contribution is 7.89. The number of nitrogens with two attached hydrogens (primary N) is 1. The number of primary sulfonamides is 1. The first kappa shape index (κ1) is 17.7. The second-order valence-electron chi connectivity index (χ2n) is 4.18. The standard InChI is InChI=1S/C10H15F2N3O4S2/c1-20(17)3-2-14-10(16)8-4-7(21(13,18)19)5-15(8)6-9(11)12/h4-5,9H,2-3,6H2,1H3,(H,14,16)(H2,13,18,19). The van der Waals surface area contributed by atoms with Crippen LogP contribution >= 0.6 is 0 Å². The van der Waals surface area contributed by atoms with E-state index in [0.29, 0.717) is 0 Å². The average Bonchev–Trinajstić information content (AvgIpc) is 2.71. The second kappa shape index (κ2) is 7.09. The van der Waals surface area contributed by atoms with Gasteiger partial charge in [0.05, 0.1) is 6.54 Å². The lowest BCUT2D eigenvalue weighted by Crippen LogP contribution is -2.29. The molecular weight excluding hydrogens is 328 g/mol. The van der Waals surface area contributed by atoms with Gasteiger partial charge in [0, 0.05) is 35.5 Å². The Morgan fingerprint density at radius 3 is 2.62 bits per heavy atom. The van der Waals surface area contributed by atoms with Crippen LogP contribution in [0.15, 0.2) is 17.2 Å². The van der Waals surface area contributed by atoms with Gasteiger partial charge in [0.2, 0.25) is 10.0 Å². The molecule has 1 amide bonds. The van der Waals surface area contributed by atoms with Crippen molar-refractivity contribution in [2.45, 2.75) is 17.9 Å². The van der Waals surface area contributed by atoms with Crippen molar-refractivity contribution in [3.8, 4) is 0 Å². The van der Waals surface area contributed by atoms with Gasteiger partial charge in [-0.1, -0.05) is 0 Å². The van der Waals surface area contributed by atoms with Crippen molar-refractivity contribution in [2.75, 3.05) is 18.6 Å². The van der Waals surface area contributed by atoms with E-state index in [-0.39, 0.29) is 18.0 Å². The van der Waals surface area contributed by atoms with E-state index in [1.165, 1.54) is 6.26 Å². The number of alkyl halides is 2. The number of hydrogen-bond donors (Lipinski definition) is 2. The highest BCUT2D eigenvalue weighted by atomic mass is 32.2. The Morgan fingerprint density at radius 2 is 2.14 bits per heavy atom. The predicted octanol–water partition coefficient (Wildman–Crippen LogP) is -0.491. The third kappa shape index (κ3) is 5.52. The SMILES string of the molecule is CS(=O)CCNC(=O)c1cc(S(N)(=O)=O)cn1CC(F)F. The van der Waals surface area contributed by atoms with Gasteiger partial charge < -0.3 is 9.88 Å². The Labute approximate surface area is 123 Å². The number of nitrogens with one attached hydrogen (secondary N) is 1. The maximum atomic E-state index is 12.5. The van der Waals surface area contributed by atoms with E-state index in [0.717, 1.165) is 16.8 Å². The maximum absolute atomic E-state index is 12.5. The van der Waals surface area contributed by atoms with Crippen molar-refractivity contribution in [2.24, 2.45) is 5.14 Å². The topological polar surface area (TPSA) is 111 Å². The fourth-order valence-electron chi connectivity index (χ4n) is 1.53. The Morgan fingerprint density at radius 1 is 1.52 bits per heavy atom. The van der Waals surface area contributed by atoms with E-state index in [1.807, 2.05) is 0 Å². The van der Waals surface area contributed by atoms with Gasteiger partial charge in [0.1, 0.15) is 10.6 Å². The smallest absolute Gasteiger partial charge is 0.267 e. The Hall–Kier alpha value is -1.33. The van der Waals surface area contributed by atoms with Crippen molar-refractivity contribution >= 4 is 26.7 Å². The van der Waals surface area contributed by atoms with Gasteiger partial charge in [-0.25, -0.2) is 22.3 Å². The van der Waals surface area contributed by atoms with Crippen LogP contribution in [0.2, 0.25) is 0 Å². The minimum Gasteiger partial charge on any atom is -0.350 e. The number of carbonyl (C=O) groups is 1. The van der Waals surface area contributed by atoms with Crippen LogP contribution in [0.25, 0.3) is 0 Å². The third-order valence-corrected chi connectivity index (χ3v) is 4.10. The number of sulfonamides is 1. The molecule has 1 aromatic heterocycles.